The van der Waals surface area contributed by atoms with Gasteiger partial charge in [0.2, 0.25) is 11.7 Å². The summed E-state index contributed by atoms with van der Waals surface area (Å²) >= 11 is 1.38. The number of hydrogen-bond acceptors (Lipinski definition) is 6. The van der Waals surface area contributed by atoms with E-state index in [-0.39, 0.29) is 18.2 Å². The smallest absolute Gasteiger partial charge is 0.240 e. The molecular weight excluding hydrogens is 257 g/mol. The van der Waals surface area contributed by atoms with E-state index in [1.165, 1.54) is 31.0 Å². The molecule has 0 amide bonds. The van der Waals surface area contributed by atoms with Gasteiger partial charge in [-0.1, -0.05) is 5.16 Å². The monoisotopic (exact) mass is 269 g/mol. The molecular formula is C11H12FN3O2S. The van der Waals surface area contributed by atoms with Crippen molar-refractivity contribution in [3.8, 4) is 17.1 Å². The normalized spacial score (nSPS) is 10.7. The molecule has 0 unspecified atom stereocenters. The number of nitrogens with two attached hydrogens (primary N) is 1. The highest BCUT2D eigenvalue weighted by atomic mass is 32.2. The molecule has 0 saturated carbocycles. The Hall–Kier alpha value is -1.60. The fourth-order valence-electron chi connectivity index (χ4n) is 1.54. The summed E-state index contributed by atoms with van der Waals surface area (Å²) in [5, 5.41) is 3.76. The van der Waals surface area contributed by atoms with Gasteiger partial charge < -0.3 is 15.0 Å². The first-order chi connectivity index (χ1) is 8.69. The van der Waals surface area contributed by atoms with Crippen LogP contribution in [0.15, 0.2) is 21.6 Å². The highest BCUT2D eigenvalue weighted by Crippen LogP contribution is 2.37. The quantitative estimate of drug-likeness (QED) is 0.856. The van der Waals surface area contributed by atoms with Crippen LogP contribution in [0.2, 0.25) is 0 Å². The second kappa shape index (κ2) is 5.36. The van der Waals surface area contributed by atoms with Crippen LogP contribution in [-0.2, 0) is 6.54 Å². The summed E-state index contributed by atoms with van der Waals surface area (Å²) in [6, 6.07) is 2.71. The third-order valence-corrected chi connectivity index (χ3v) is 3.07. The van der Waals surface area contributed by atoms with Gasteiger partial charge in [0.05, 0.1) is 24.1 Å². The maximum Gasteiger partial charge on any atom is 0.240 e. The number of aromatic nitrogens is 2. The number of ether oxygens (including phenoxy) is 1. The van der Waals surface area contributed by atoms with Gasteiger partial charge in [-0.25, -0.2) is 4.39 Å². The van der Waals surface area contributed by atoms with Crippen molar-refractivity contribution < 1.29 is 13.7 Å². The van der Waals surface area contributed by atoms with Crippen LogP contribution in [0, 0.1) is 5.82 Å². The van der Waals surface area contributed by atoms with E-state index in [0.29, 0.717) is 22.1 Å². The van der Waals surface area contributed by atoms with E-state index < -0.39 is 0 Å². The molecule has 2 aromatic rings. The number of nitrogens with zero attached hydrogens (tertiary/aromatic N) is 2. The molecule has 1 heterocycles. The minimum absolute atomic E-state index is 0.139. The Balaban J connectivity index is 2.58. The Kier molecular flexibility index (Phi) is 3.83. The molecule has 0 aliphatic carbocycles. The van der Waals surface area contributed by atoms with Crippen LogP contribution in [0.3, 0.4) is 0 Å². The lowest BCUT2D eigenvalue weighted by Crippen LogP contribution is -1.97. The molecule has 7 heteroatoms. The number of hydrogen-bond donors (Lipinski definition) is 1. The number of rotatable bonds is 4. The fourth-order valence-corrected chi connectivity index (χ4v) is 2.15. The van der Waals surface area contributed by atoms with Gasteiger partial charge in [-0.3, -0.25) is 0 Å². The van der Waals surface area contributed by atoms with Crippen molar-refractivity contribution >= 4 is 11.8 Å². The summed E-state index contributed by atoms with van der Waals surface area (Å²) < 4.78 is 23.7. The van der Waals surface area contributed by atoms with Gasteiger partial charge >= 0.3 is 0 Å². The number of methoxy groups -OCH3 is 1. The summed E-state index contributed by atoms with van der Waals surface area (Å²) in [6.45, 7) is 0.139. The molecule has 1 aromatic heterocycles. The molecule has 0 radical (unpaired) electrons. The minimum atomic E-state index is -0.380. The lowest BCUT2D eigenvalue weighted by atomic mass is 10.2. The molecule has 0 aliphatic rings. The Morgan fingerprint density at radius 2 is 2.28 bits per heavy atom. The zero-order chi connectivity index (χ0) is 13.1. The number of halogens is 1. The molecule has 0 aliphatic heterocycles. The molecule has 0 bridgehead atoms. The van der Waals surface area contributed by atoms with Crippen LogP contribution in [0.5, 0.6) is 5.75 Å². The Morgan fingerprint density at radius 1 is 1.50 bits per heavy atom. The maximum atomic E-state index is 13.5. The van der Waals surface area contributed by atoms with Crippen molar-refractivity contribution in [2.75, 3.05) is 13.4 Å². The first-order valence-corrected chi connectivity index (χ1v) is 6.36. The van der Waals surface area contributed by atoms with Crippen molar-refractivity contribution in [2.24, 2.45) is 5.73 Å². The van der Waals surface area contributed by atoms with Crippen molar-refractivity contribution in [1.29, 1.82) is 0 Å². The van der Waals surface area contributed by atoms with E-state index in [9.17, 15) is 4.39 Å². The van der Waals surface area contributed by atoms with E-state index in [2.05, 4.69) is 10.1 Å². The number of thioether (sulfide) groups is 1. The van der Waals surface area contributed by atoms with Crippen molar-refractivity contribution in [3.05, 3.63) is 23.8 Å². The predicted octanol–water partition coefficient (Wildman–Crippen LogP) is 2.06. The molecule has 5 nitrogen and oxygen atoms in total. The molecule has 1 aromatic carbocycles. The van der Waals surface area contributed by atoms with Gasteiger partial charge in [-0.15, -0.1) is 11.8 Å². The second-order valence-electron chi connectivity index (χ2n) is 3.40. The van der Waals surface area contributed by atoms with Crippen LogP contribution >= 0.6 is 11.8 Å². The highest BCUT2D eigenvalue weighted by Gasteiger charge is 2.17. The molecule has 0 atom stereocenters. The summed E-state index contributed by atoms with van der Waals surface area (Å²) in [6.07, 6.45) is 1.84. The average Bonchev–Trinajstić information content (AvgIpc) is 2.86. The minimum Gasteiger partial charge on any atom is -0.495 e. The SMILES string of the molecule is COc1c(SC)cc(F)cc1-c1noc(CN)n1. The van der Waals surface area contributed by atoms with Gasteiger partial charge in [-0.05, 0) is 18.4 Å². The predicted molar refractivity (Wildman–Crippen MR) is 65.9 cm³/mol. The topological polar surface area (TPSA) is 74.2 Å². The first-order valence-electron chi connectivity index (χ1n) is 5.14. The summed E-state index contributed by atoms with van der Waals surface area (Å²) in [7, 11) is 1.51. The molecule has 2 N–H and O–H groups in total. The van der Waals surface area contributed by atoms with Crippen molar-refractivity contribution in [2.45, 2.75) is 11.4 Å². The molecule has 0 fully saturated rings. The third-order valence-electron chi connectivity index (χ3n) is 2.33. The van der Waals surface area contributed by atoms with E-state index in [4.69, 9.17) is 15.0 Å². The lowest BCUT2D eigenvalue weighted by Gasteiger charge is -2.09. The molecule has 18 heavy (non-hydrogen) atoms. The zero-order valence-electron chi connectivity index (χ0n) is 9.94. The fraction of sp³-hybridized carbons (Fsp3) is 0.273. The summed E-state index contributed by atoms with van der Waals surface area (Å²) in [4.78, 5) is 4.74. The van der Waals surface area contributed by atoms with Crippen LogP contribution in [0.25, 0.3) is 11.4 Å². The maximum absolute atomic E-state index is 13.5. The van der Waals surface area contributed by atoms with E-state index >= 15 is 0 Å². The van der Waals surface area contributed by atoms with E-state index in [1.807, 2.05) is 6.26 Å². The van der Waals surface area contributed by atoms with Gasteiger partial charge in [-0.2, -0.15) is 4.98 Å². The van der Waals surface area contributed by atoms with E-state index in [1.54, 1.807) is 0 Å². The Morgan fingerprint density at radius 3 is 2.83 bits per heavy atom. The largest absolute Gasteiger partial charge is 0.495 e. The van der Waals surface area contributed by atoms with Crippen LogP contribution < -0.4 is 10.5 Å². The first kappa shape index (κ1) is 12.8. The summed E-state index contributed by atoms with van der Waals surface area (Å²) in [5.41, 5.74) is 5.84. The van der Waals surface area contributed by atoms with Gasteiger partial charge in [0, 0.05) is 0 Å². The molecule has 2 rings (SSSR count). The van der Waals surface area contributed by atoms with E-state index in [0.717, 1.165) is 0 Å². The molecule has 96 valence electrons. The molecule has 0 spiro atoms. The third kappa shape index (κ3) is 2.32. The highest BCUT2D eigenvalue weighted by molar-refractivity contribution is 7.98. The van der Waals surface area contributed by atoms with Crippen molar-refractivity contribution in [3.63, 3.8) is 0 Å². The Bertz CT molecular complexity index is 559. The average molecular weight is 269 g/mol. The second-order valence-corrected chi connectivity index (χ2v) is 4.25. The number of benzene rings is 1. The van der Waals surface area contributed by atoms with Crippen molar-refractivity contribution in [1.82, 2.24) is 10.1 Å². The van der Waals surface area contributed by atoms with Crippen LogP contribution in [0.4, 0.5) is 4.39 Å². The van der Waals surface area contributed by atoms with Gasteiger partial charge in [0.25, 0.3) is 0 Å². The van der Waals surface area contributed by atoms with Crippen LogP contribution in [0.1, 0.15) is 5.89 Å². The lowest BCUT2D eigenvalue weighted by molar-refractivity contribution is 0.379. The van der Waals surface area contributed by atoms with Gasteiger partial charge in [0.1, 0.15) is 11.6 Å². The molecule has 0 saturated heterocycles. The standard InChI is InChI=1S/C11H12FN3O2S/c1-16-10-7(3-6(12)4-8(10)18-2)11-14-9(5-13)17-15-11/h3-4H,5,13H2,1-2H3. The zero-order valence-corrected chi connectivity index (χ0v) is 10.8. The van der Waals surface area contributed by atoms with Gasteiger partial charge in [0.15, 0.2) is 0 Å². The summed E-state index contributed by atoms with van der Waals surface area (Å²) in [5.74, 6) is 0.701. The Labute approximate surface area is 108 Å². The van der Waals surface area contributed by atoms with Crippen LogP contribution in [-0.4, -0.2) is 23.5 Å².